The van der Waals surface area contributed by atoms with Gasteiger partial charge in [0.1, 0.15) is 24.2 Å². The molecule has 1 atom stereocenters. The van der Waals surface area contributed by atoms with Gasteiger partial charge in [0.05, 0.1) is 36.7 Å². The average molecular weight is 516 g/mol. The number of aromatic amines is 1. The quantitative estimate of drug-likeness (QED) is 0.520. The van der Waals surface area contributed by atoms with Crippen molar-refractivity contribution in [1.82, 2.24) is 20.1 Å². The molecular formula is C27H29N7O4. The number of nitrogens with zero attached hydrogens (tertiary/aromatic N) is 6. The van der Waals surface area contributed by atoms with Gasteiger partial charge in [0.25, 0.3) is 11.5 Å². The van der Waals surface area contributed by atoms with E-state index in [0.29, 0.717) is 75.0 Å². The third-order valence-corrected chi connectivity index (χ3v) is 6.91. The van der Waals surface area contributed by atoms with Crippen molar-refractivity contribution in [1.29, 1.82) is 5.26 Å². The molecule has 0 saturated carbocycles. The molecule has 0 bridgehead atoms. The summed E-state index contributed by atoms with van der Waals surface area (Å²) in [6.45, 7) is 6.23. The normalized spacial score (nSPS) is 17.7. The number of anilines is 2. The highest BCUT2D eigenvalue weighted by Crippen LogP contribution is 2.23. The van der Waals surface area contributed by atoms with Crippen LogP contribution < -0.4 is 20.1 Å². The van der Waals surface area contributed by atoms with Crippen molar-refractivity contribution in [3.05, 3.63) is 75.8 Å². The van der Waals surface area contributed by atoms with Crippen LogP contribution in [0.25, 0.3) is 0 Å². The first kappa shape index (κ1) is 25.2. The van der Waals surface area contributed by atoms with E-state index in [9.17, 15) is 9.59 Å². The van der Waals surface area contributed by atoms with Crippen LogP contribution >= 0.6 is 0 Å². The summed E-state index contributed by atoms with van der Waals surface area (Å²) in [5, 5.41) is 15.4. The van der Waals surface area contributed by atoms with Gasteiger partial charge in [-0.25, -0.2) is 10.1 Å². The molecule has 2 saturated heterocycles. The molecule has 3 aromatic rings. The zero-order valence-electron chi connectivity index (χ0n) is 21.2. The Labute approximate surface area is 220 Å². The molecule has 2 aliphatic rings. The van der Waals surface area contributed by atoms with Crippen molar-refractivity contribution in [3.63, 3.8) is 0 Å². The van der Waals surface area contributed by atoms with E-state index in [1.54, 1.807) is 37.5 Å². The molecule has 11 nitrogen and oxygen atoms in total. The van der Waals surface area contributed by atoms with Crippen molar-refractivity contribution < 1.29 is 14.3 Å². The maximum atomic E-state index is 13.2. The van der Waals surface area contributed by atoms with E-state index in [2.05, 4.69) is 31.1 Å². The van der Waals surface area contributed by atoms with Crippen molar-refractivity contribution in [3.8, 4) is 11.8 Å². The highest BCUT2D eigenvalue weighted by molar-refractivity contribution is 5.94. The molecule has 5 rings (SSSR count). The molecule has 196 valence electrons. The first-order valence-electron chi connectivity index (χ1n) is 12.6. The zero-order chi connectivity index (χ0) is 26.5. The number of rotatable bonds is 6. The Kier molecular flexibility index (Phi) is 7.51. The lowest BCUT2D eigenvalue weighted by atomic mass is 10.1. The number of nitrogens with one attached hydrogen (secondary N) is 1. The summed E-state index contributed by atoms with van der Waals surface area (Å²) in [4.78, 5) is 35.7. The van der Waals surface area contributed by atoms with Gasteiger partial charge in [0.15, 0.2) is 0 Å². The third kappa shape index (κ3) is 5.45. The number of carbonyl (C=O) groups excluding carboxylic acids is 1. The largest absolute Gasteiger partial charge is 0.491 e. The predicted octanol–water partition coefficient (Wildman–Crippen LogP) is 1.59. The zero-order valence-corrected chi connectivity index (χ0v) is 21.2. The Hall–Kier alpha value is -4.43. The van der Waals surface area contributed by atoms with Gasteiger partial charge < -0.3 is 24.2 Å². The van der Waals surface area contributed by atoms with E-state index in [1.807, 2.05) is 23.1 Å². The summed E-state index contributed by atoms with van der Waals surface area (Å²) in [5.74, 6) is 1.36. The number of nitriles is 1. The Morgan fingerprint density at radius 1 is 1.18 bits per heavy atom. The van der Waals surface area contributed by atoms with E-state index in [4.69, 9.17) is 14.7 Å². The van der Waals surface area contributed by atoms with E-state index in [0.717, 1.165) is 11.5 Å². The highest BCUT2D eigenvalue weighted by atomic mass is 16.5. The summed E-state index contributed by atoms with van der Waals surface area (Å²) in [5.41, 5.74) is 2.25. The molecule has 0 aliphatic carbocycles. The number of H-pyrrole nitrogens is 1. The predicted molar refractivity (Wildman–Crippen MR) is 141 cm³/mol. The number of morpholine rings is 1. The number of carbonyl (C=O) groups is 1. The maximum absolute atomic E-state index is 13.2. The first-order chi connectivity index (χ1) is 18.5. The van der Waals surface area contributed by atoms with Crippen LogP contribution in [-0.2, 0) is 4.74 Å². The second-order valence-corrected chi connectivity index (χ2v) is 9.27. The summed E-state index contributed by atoms with van der Waals surface area (Å²) < 4.78 is 11.8. The van der Waals surface area contributed by atoms with Crippen LogP contribution in [0.1, 0.15) is 21.5 Å². The third-order valence-electron chi connectivity index (χ3n) is 6.91. The molecule has 2 fully saturated rings. The Balaban J connectivity index is 1.20. The monoisotopic (exact) mass is 515 g/mol. The fourth-order valence-corrected chi connectivity index (χ4v) is 4.72. The maximum Gasteiger partial charge on any atom is 0.269 e. The topological polar surface area (TPSA) is 128 Å². The molecule has 11 heteroatoms. The molecule has 1 N–H and O–H groups in total. The average Bonchev–Trinajstić information content (AvgIpc) is 2.97. The standard InChI is InChI=1S/C27H29N7O4/c1-19-24(16-30-31-26(19)35)34-11-12-37-17-22(34)18-38-23-4-2-3-21(13-23)27(36)33-9-7-32(8-10-33)25-6-5-20(14-28)15-29-25/h2-6,13,15-16,22H,7-12,17-18H2,1H3,(H,31,35). The van der Waals surface area contributed by atoms with Crippen LogP contribution in [0.15, 0.2) is 53.6 Å². The number of ether oxygens (including phenoxy) is 2. The molecule has 0 radical (unpaired) electrons. The van der Waals surface area contributed by atoms with Crippen LogP contribution in [0.5, 0.6) is 5.75 Å². The van der Waals surface area contributed by atoms with Crippen LogP contribution in [0.2, 0.25) is 0 Å². The molecule has 38 heavy (non-hydrogen) atoms. The number of amides is 1. The number of hydrogen-bond donors (Lipinski definition) is 1. The molecular weight excluding hydrogens is 486 g/mol. The molecule has 0 spiro atoms. The van der Waals surface area contributed by atoms with Crippen molar-refractivity contribution in [2.45, 2.75) is 13.0 Å². The Bertz CT molecular complexity index is 1380. The number of pyridine rings is 1. The Morgan fingerprint density at radius 3 is 2.79 bits per heavy atom. The van der Waals surface area contributed by atoms with Gasteiger partial charge in [-0.3, -0.25) is 9.59 Å². The van der Waals surface area contributed by atoms with Crippen molar-refractivity contribution >= 4 is 17.4 Å². The van der Waals surface area contributed by atoms with Crippen molar-refractivity contribution in [2.75, 3.05) is 62.3 Å². The lowest BCUT2D eigenvalue weighted by Gasteiger charge is -2.37. The van der Waals surface area contributed by atoms with Gasteiger partial charge in [0.2, 0.25) is 0 Å². The van der Waals surface area contributed by atoms with Gasteiger partial charge in [0, 0.05) is 50.0 Å². The highest BCUT2D eigenvalue weighted by Gasteiger charge is 2.27. The van der Waals surface area contributed by atoms with Gasteiger partial charge >= 0.3 is 0 Å². The number of aromatic nitrogens is 3. The van der Waals surface area contributed by atoms with Gasteiger partial charge in [-0.1, -0.05) is 6.07 Å². The smallest absolute Gasteiger partial charge is 0.269 e. The molecule has 2 aromatic heterocycles. The van der Waals surface area contributed by atoms with Crippen molar-refractivity contribution in [2.24, 2.45) is 0 Å². The second-order valence-electron chi connectivity index (χ2n) is 9.27. The summed E-state index contributed by atoms with van der Waals surface area (Å²) in [6.07, 6.45) is 3.22. The van der Waals surface area contributed by atoms with Crippen LogP contribution in [0, 0.1) is 18.3 Å². The Morgan fingerprint density at radius 2 is 2.03 bits per heavy atom. The summed E-state index contributed by atoms with van der Waals surface area (Å²) >= 11 is 0. The molecule has 2 aliphatic heterocycles. The van der Waals surface area contributed by atoms with Gasteiger partial charge in [-0.05, 0) is 37.3 Å². The fourth-order valence-electron chi connectivity index (χ4n) is 4.72. The fraction of sp³-hybridized carbons (Fsp3) is 0.370. The first-order valence-corrected chi connectivity index (χ1v) is 12.6. The van der Waals surface area contributed by atoms with E-state index in [-0.39, 0.29) is 17.5 Å². The lowest BCUT2D eigenvalue weighted by Crippen LogP contribution is -2.49. The van der Waals surface area contributed by atoms with Crippen LogP contribution in [-0.4, -0.2) is 84.6 Å². The minimum absolute atomic E-state index is 0.0456. The van der Waals surface area contributed by atoms with E-state index in [1.165, 1.54) is 0 Å². The van der Waals surface area contributed by atoms with Crippen LogP contribution in [0.4, 0.5) is 11.5 Å². The second kappa shape index (κ2) is 11.3. The molecule has 4 heterocycles. The SMILES string of the molecule is Cc1c(N2CCOCC2COc2cccc(C(=O)N3CCN(c4ccc(C#N)cn4)CC3)c2)cn[nH]c1=O. The van der Waals surface area contributed by atoms with E-state index < -0.39 is 0 Å². The van der Waals surface area contributed by atoms with E-state index >= 15 is 0 Å². The number of piperazine rings is 1. The van der Waals surface area contributed by atoms with Crippen LogP contribution in [0.3, 0.4) is 0 Å². The molecule has 1 amide bonds. The number of hydrogen-bond acceptors (Lipinski definition) is 9. The molecule has 1 unspecified atom stereocenters. The minimum atomic E-state index is -0.214. The summed E-state index contributed by atoms with van der Waals surface area (Å²) in [7, 11) is 0. The molecule has 1 aromatic carbocycles. The summed E-state index contributed by atoms with van der Waals surface area (Å²) in [6, 6.07) is 12.8. The van der Waals surface area contributed by atoms with Gasteiger partial charge in [-0.2, -0.15) is 10.4 Å². The lowest BCUT2D eigenvalue weighted by molar-refractivity contribution is 0.0740. The number of benzene rings is 1. The minimum Gasteiger partial charge on any atom is -0.491 e. The van der Waals surface area contributed by atoms with Gasteiger partial charge in [-0.15, -0.1) is 0 Å².